The van der Waals surface area contributed by atoms with Crippen molar-refractivity contribution in [2.24, 2.45) is 13.0 Å². The summed E-state index contributed by atoms with van der Waals surface area (Å²) in [5.74, 6) is 2.09. The monoisotopic (exact) mass is 907 g/mol. The van der Waals surface area contributed by atoms with Gasteiger partial charge in [-0.2, -0.15) is 0 Å². The van der Waals surface area contributed by atoms with E-state index in [1.807, 2.05) is 24.1 Å². The van der Waals surface area contributed by atoms with Crippen LogP contribution in [-0.2, 0) is 39.9 Å². The Hall–Kier alpha value is -4.37. The standard InChI is InChI=1S/C24H26BrN3O3.C20H21ClN2O4.ClH/c1-27-13-17-8-21-24(30-3,19-5-4-6-20(27)22(17)19)9-15(12-28(21)2)14-31-23(29)16-7-18(25)11-26-10-16;21-16-2-4-17(5-3-16)25-13-20(24)23-9-7-22(8-10-23)12-15-1-6-18-19(11-15)27-14-26-18;/h4-7,10-11,13,15,21H,8-9,12,14H2,1-3H3;1-6,11H,7-10,12-14H2;1H. The van der Waals surface area contributed by atoms with E-state index in [0.717, 1.165) is 55.0 Å². The number of piperidine rings is 1. The molecule has 0 bridgehead atoms. The van der Waals surface area contributed by atoms with Gasteiger partial charge in [0.2, 0.25) is 6.79 Å². The van der Waals surface area contributed by atoms with Crippen LogP contribution in [0.25, 0.3) is 10.9 Å². The first-order chi connectivity index (χ1) is 28.1. The first-order valence-electron chi connectivity index (χ1n) is 19.5. The Morgan fingerprint density at radius 3 is 2.53 bits per heavy atom. The molecule has 3 atom stereocenters. The fourth-order valence-electron chi connectivity index (χ4n) is 8.85. The molecule has 59 heavy (non-hydrogen) atoms. The van der Waals surface area contributed by atoms with Crippen molar-refractivity contribution < 1.29 is 33.3 Å². The number of aryl methyl sites for hydroxylation is 1. The van der Waals surface area contributed by atoms with Crippen molar-refractivity contribution in [2.45, 2.75) is 31.0 Å². The summed E-state index contributed by atoms with van der Waals surface area (Å²) < 4.78 is 31.3. The lowest BCUT2D eigenvalue weighted by molar-refractivity contribution is -0.135. The highest BCUT2D eigenvalue weighted by molar-refractivity contribution is 9.10. The van der Waals surface area contributed by atoms with Crippen LogP contribution in [0.3, 0.4) is 0 Å². The molecule has 0 saturated carbocycles. The number of pyridine rings is 1. The molecular weight excluding hydrogens is 861 g/mol. The number of piperazine rings is 1. The van der Waals surface area contributed by atoms with E-state index >= 15 is 0 Å². The van der Waals surface area contributed by atoms with Gasteiger partial charge in [-0.3, -0.25) is 19.6 Å². The maximum absolute atomic E-state index is 12.5. The predicted octanol–water partition coefficient (Wildman–Crippen LogP) is 7.12. The Labute approximate surface area is 363 Å². The topological polar surface area (TPSA) is 108 Å². The number of fused-ring (bicyclic) bond motifs is 3. The molecule has 2 fully saturated rings. The Bertz CT molecular complexity index is 2290. The van der Waals surface area contributed by atoms with Gasteiger partial charge >= 0.3 is 5.97 Å². The molecule has 3 unspecified atom stereocenters. The van der Waals surface area contributed by atoms with Crippen molar-refractivity contribution in [3.63, 3.8) is 0 Å². The molecule has 0 spiro atoms. The average molecular weight is 910 g/mol. The van der Waals surface area contributed by atoms with Crippen LogP contribution in [0.4, 0.5) is 0 Å². The number of aromatic nitrogens is 2. The summed E-state index contributed by atoms with van der Waals surface area (Å²) in [6.07, 6.45) is 7.20. The number of hydrogen-bond acceptors (Lipinski definition) is 10. The van der Waals surface area contributed by atoms with Gasteiger partial charge in [-0.1, -0.05) is 29.8 Å². The first-order valence-corrected chi connectivity index (χ1v) is 20.6. The van der Waals surface area contributed by atoms with Crippen molar-refractivity contribution in [1.82, 2.24) is 24.3 Å². The largest absolute Gasteiger partial charge is 0.484 e. The van der Waals surface area contributed by atoms with Gasteiger partial charge in [0.1, 0.15) is 11.4 Å². The number of carbonyl (C=O) groups is 2. The van der Waals surface area contributed by atoms with Crippen LogP contribution in [0.5, 0.6) is 17.2 Å². The number of nitrogens with zero attached hydrogens (tertiary/aromatic N) is 5. The van der Waals surface area contributed by atoms with E-state index in [2.05, 4.69) is 79.8 Å². The Morgan fingerprint density at radius 2 is 1.76 bits per heavy atom. The molecule has 5 heterocycles. The second-order valence-electron chi connectivity index (χ2n) is 15.4. The van der Waals surface area contributed by atoms with Gasteiger partial charge in [0.15, 0.2) is 18.1 Å². The molecule has 9 rings (SSSR count). The third kappa shape index (κ3) is 9.20. The zero-order chi connectivity index (χ0) is 40.4. The predicted molar refractivity (Wildman–Crippen MR) is 231 cm³/mol. The van der Waals surface area contributed by atoms with Gasteiger partial charge < -0.3 is 33.2 Å². The lowest BCUT2D eigenvalue weighted by Crippen LogP contribution is -2.59. The molecule has 15 heteroatoms. The van der Waals surface area contributed by atoms with Crippen LogP contribution >= 0.6 is 39.9 Å². The third-order valence-electron chi connectivity index (χ3n) is 11.7. The summed E-state index contributed by atoms with van der Waals surface area (Å²) in [5.41, 5.74) is 5.08. The van der Waals surface area contributed by atoms with Gasteiger partial charge in [0.05, 0.1) is 12.2 Å². The molecule has 12 nitrogen and oxygen atoms in total. The molecule has 0 N–H and O–H groups in total. The minimum atomic E-state index is -0.421. The molecule has 5 aromatic rings. The normalized spacial score (nSPS) is 20.9. The molecule has 4 aliphatic rings. The highest BCUT2D eigenvalue weighted by atomic mass is 79.9. The van der Waals surface area contributed by atoms with Gasteiger partial charge in [-0.15, -0.1) is 12.4 Å². The number of likely N-dealkylation sites (N-methyl/N-ethyl adjacent to an activating group) is 1. The minimum absolute atomic E-state index is 0. The fourth-order valence-corrected chi connectivity index (χ4v) is 9.34. The van der Waals surface area contributed by atoms with Crippen LogP contribution < -0.4 is 14.2 Å². The maximum atomic E-state index is 12.5. The van der Waals surface area contributed by atoms with Crippen molar-refractivity contribution in [1.29, 1.82) is 0 Å². The summed E-state index contributed by atoms with van der Waals surface area (Å²) in [6.45, 7) is 5.45. The first kappa shape index (κ1) is 42.7. The van der Waals surface area contributed by atoms with Crippen LogP contribution in [0.2, 0.25) is 5.02 Å². The average Bonchev–Trinajstić information content (AvgIpc) is 3.84. The number of rotatable bonds is 9. The highest BCUT2D eigenvalue weighted by Gasteiger charge is 2.52. The number of benzene rings is 3. The summed E-state index contributed by atoms with van der Waals surface area (Å²) >= 11 is 9.20. The summed E-state index contributed by atoms with van der Waals surface area (Å²) in [6, 6.07) is 21.5. The lowest BCUT2D eigenvalue weighted by Gasteiger charge is -2.53. The van der Waals surface area contributed by atoms with Gasteiger partial charge in [-0.05, 0) is 101 Å². The van der Waals surface area contributed by atoms with Crippen LogP contribution in [0.1, 0.15) is 33.5 Å². The Morgan fingerprint density at radius 1 is 0.983 bits per heavy atom. The molecule has 1 aliphatic carbocycles. The molecular formula is C44H48BrCl2N5O7. The second kappa shape index (κ2) is 18.5. The fraction of sp³-hybridized carbons (Fsp3) is 0.386. The Kier molecular flexibility index (Phi) is 13.4. The van der Waals surface area contributed by atoms with E-state index < -0.39 is 5.60 Å². The number of likely N-dealkylation sites (tertiary alicyclic amines) is 1. The molecule has 2 saturated heterocycles. The van der Waals surface area contributed by atoms with Crippen molar-refractivity contribution >= 4 is 62.7 Å². The zero-order valence-corrected chi connectivity index (χ0v) is 36.4. The molecule has 312 valence electrons. The van der Waals surface area contributed by atoms with Crippen LogP contribution in [0.15, 0.2) is 89.8 Å². The summed E-state index contributed by atoms with van der Waals surface area (Å²) in [4.78, 5) is 35.5. The van der Waals surface area contributed by atoms with E-state index in [1.165, 1.54) is 33.8 Å². The van der Waals surface area contributed by atoms with E-state index in [9.17, 15) is 9.59 Å². The number of ether oxygens (including phenoxy) is 5. The number of methoxy groups -OCH3 is 1. The number of hydrogen-bond donors (Lipinski definition) is 0. The lowest BCUT2D eigenvalue weighted by atomic mass is 9.69. The quantitative estimate of drug-likeness (QED) is 0.142. The van der Waals surface area contributed by atoms with E-state index in [-0.39, 0.29) is 49.6 Å². The SMILES string of the molecule is COC12CC(COC(=O)c3cncc(Br)c3)CN(C)C1Cc1cn(C)c3cccc2c13.Cl.O=C(COc1ccc(Cl)cc1)N1CCN(Cc2ccc3c(c2)OCO3)CC1. The highest BCUT2D eigenvalue weighted by Crippen LogP contribution is 2.49. The van der Waals surface area contributed by atoms with Crippen molar-refractivity contribution in [3.8, 4) is 17.2 Å². The summed E-state index contributed by atoms with van der Waals surface area (Å²) in [5, 5.41) is 1.96. The molecule has 3 aromatic carbocycles. The molecule has 0 radical (unpaired) electrons. The number of carbonyl (C=O) groups excluding carboxylic acids is 2. The Balaban J connectivity index is 0.000000178. The van der Waals surface area contributed by atoms with Crippen molar-refractivity contribution in [2.75, 3.05) is 66.9 Å². The van der Waals surface area contributed by atoms with Crippen LogP contribution in [0, 0.1) is 5.92 Å². The van der Waals surface area contributed by atoms with E-state index in [0.29, 0.717) is 36.0 Å². The van der Waals surface area contributed by atoms with Gasteiger partial charge in [-0.25, -0.2) is 4.79 Å². The smallest absolute Gasteiger partial charge is 0.339 e. The van der Waals surface area contributed by atoms with Gasteiger partial charge in [0, 0.05) is 104 Å². The maximum Gasteiger partial charge on any atom is 0.339 e. The molecule has 2 aromatic heterocycles. The molecule has 1 amide bonds. The van der Waals surface area contributed by atoms with Crippen molar-refractivity contribution in [3.05, 3.63) is 117 Å². The second-order valence-corrected chi connectivity index (χ2v) is 16.7. The van der Waals surface area contributed by atoms with E-state index in [1.54, 1.807) is 36.5 Å². The summed E-state index contributed by atoms with van der Waals surface area (Å²) in [7, 11) is 6.07. The third-order valence-corrected chi connectivity index (χ3v) is 12.4. The molecule has 3 aliphatic heterocycles. The number of esters is 1. The minimum Gasteiger partial charge on any atom is -0.484 e. The van der Waals surface area contributed by atoms with E-state index in [4.69, 9.17) is 35.3 Å². The van der Waals surface area contributed by atoms with Gasteiger partial charge in [0.25, 0.3) is 5.91 Å². The number of amides is 1. The van der Waals surface area contributed by atoms with Crippen LogP contribution in [-0.4, -0.2) is 109 Å². The number of halogens is 3. The zero-order valence-electron chi connectivity index (χ0n) is 33.3.